The molecule has 1 rings (SSSR count). The van der Waals surface area contributed by atoms with Crippen LogP contribution in [-0.4, -0.2) is 26.1 Å². The van der Waals surface area contributed by atoms with Crippen molar-refractivity contribution in [1.82, 2.24) is 5.32 Å². The molecule has 6 heteroatoms. The highest BCUT2D eigenvalue weighted by atomic mass is 32.1. The summed E-state index contributed by atoms with van der Waals surface area (Å²) < 4.78 is 5.23. The number of amides is 1. The van der Waals surface area contributed by atoms with Crippen molar-refractivity contribution in [1.29, 1.82) is 0 Å². The lowest BCUT2D eigenvalue weighted by molar-refractivity contribution is 0.0960. The summed E-state index contributed by atoms with van der Waals surface area (Å²) in [4.78, 5) is 12.3. The molecule has 0 aliphatic rings. The molecule has 0 bridgehead atoms. The Kier molecular flexibility index (Phi) is 5.09. The number of anilines is 2. The monoisotopic (exact) mass is 257 g/mol. The van der Waals surface area contributed by atoms with Crippen molar-refractivity contribution in [2.75, 3.05) is 31.2 Å². The Hall–Kier alpha value is -1.43. The van der Waals surface area contributed by atoms with Crippen LogP contribution < -0.4 is 21.1 Å². The van der Waals surface area contributed by atoms with Crippen LogP contribution in [-0.2, 0) is 0 Å². The second-order valence-corrected chi connectivity index (χ2v) is 4.51. The van der Waals surface area contributed by atoms with Crippen LogP contribution in [0.25, 0.3) is 0 Å². The van der Waals surface area contributed by atoms with Gasteiger partial charge in [0.15, 0.2) is 5.75 Å². The SMILES string of the molecule is CCCNc1sc(C(=O)NCC)c(N)c1OC. The maximum atomic E-state index is 11.8. The summed E-state index contributed by atoms with van der Waals surface area (Å²) in [5.74, 6) is 0.405. The number of nitrogens with two attached hydrogens (primary N) is 1. The molecule has 96 valence electrons. The molecule has 0 atom stereocenters. The molecule has 17 heavy (non-hydrogen) atoms. The second-order valence-electron chi connectivity index (χ2n) is 3.49. The molecule has 1 aromatic rings. The summed E-state index contributed by atoms with van der Waals surface area (Å²) in [6.07, 6.45) is 0.997. The van der Waals surface area contributed by atoms with Crippen molar-refractivity contribution in [2.24, 2.45) is 0 Å². The van der Waals surface area contributed by atoms with Crippen LogP contribution in [0.5, 0.6) is 5.75 Å². The van der Waals surface area contributed by atoms with Crippen LogP contribution in [0.15, 0.2) is 0 Å². The highest BCUT2D eigenvalue weighted by Gasteiger charge is 2.20. The van der Waals surface area contributed by atoms with Gasteiger partial charge >= 0.3 is 0 Å². The first-order chi connectivity index (χ1) is 8.15. The molecule has 5 nitrogen and oxygen atoms in total. The largest absolute Gasteiger partial charge is 0.492 e. The summed E-state index contributed by atoms with van der Waals surface area (Å²) in [5.41, 5.74) is 6.31. The Labute approximate surface area is 105 Å². The van der Waals surface area contributed by atoms with Crippen LogP contribution in [0.4, 0.5) is 10.7 Å². The third-order valence-electron chi connectivity index (χ3n) is 2.18. The molecule has 1 amide bonds. The van der Waals surface area contributed by atoms with E-state index in [1.165, 1.54) is 11.3 Å². The first kappa shape index (κ1) is 13.6. The van der Waals surface area contributed by atoms with E-state index in [1.54, 1.807) is 7.11 Å². The Morgan fingerprint density at radius 2 is 2.18 bits per heavy atom. The van der Waals surface area contributed by atoms with Crippen molar-refractivity contribution >= 4 is 27.9 Å². The smallest absolute Gasteiger partial charge is 0.263 e. The number of rotatable bonds is 6. The van der Waals surface area contributed by atoms with E-state index in [0.717, 1.165) is 18.0 Å². The molecular formula is C11H19N3O2S. The van der Waals surface area contributed by atoms with Gasteiger partial charge < -0.3 is 21.1 Å². The quantitative estimate of drug-likeness (QED) is 0.727. The van der Waals surface area contributed by atoms with E-state index in [-0.39, 0.29) is 5.91 Å². The minimum absolute atomic E-state index is 0.155. The van der Waals surface area contributed by atoms with Crippen molar-refractivity contribution < 1.29 is 9.53 Å². The molecule has 4 N–H and O–H groups in total. The maximum absolute atomic E-state index is 11.8. The van der Waals surface area contributed by atoms with E-state index in [2.05, 4.69) is 17.6 Å². The number of carbonyl (C=O) groups is 1. The van der Waals surface area contributed by atoms with E-state index < -0.39 is 0 Å². The maximum Gasteiger partial charge on any atom is 0.263 e. The van der Waals surface area contributed by atoms with Gasteiger partial charge in [0.05, 0.1) is 7.11 Å². The Bertz CT molecular complexity index is 390. The van der Waals surface area contributed by atoms with Crippen LogP contribution in [0.2, 0.25) is 0 Å². The average molecular weight is 257 g/mol. The average Bonchev–Trinajstić information content (AvgIpc) is 2.63. The molecule has 0 unspecified atom stereocenters. The first-order valence-electron chi connectivity index (χ1n) is 5.63. The summed E-state index contributed by atoms with van der Waals surface area (Å²) >= 11 is 1.33. The number of ether oxygens (including phenoxy) is 1. The number of hydrogen-bond donors (Lipinski definition) is 3. The fourth-order valence-electron chi connectivity index (χ4n) is 1.40. The number of nitrogen functional groups attached to an aromatic ring is 1. The van der Waals surface area contributed by atoms with Gasteiger partial charge in [0, 0.05) is 13.1 Å². The predicted molar refractivity (Wildman–Crippen MR) is 72.1 cm³/mol. The fourth-order valence-corrected chi connectivity index (χ4v) is 2.43. The molecule has 0 aromatic carbocycles. The van der Waals surface area contributed by atoms with Crippen LogP contribution in [0, 0.1) is 0 Å². The van der Waals surface area contributed by atoms with E-state index in [9.17, 15) is 4.79 Å². The second kappa shape index (κ2) is 6.34. The molecule has 0 aliphatic heterocycles. The lowest BCUT2D eigenvalue weighted by Crippen LogP contribution is -2.22. The van der Waals surface area contributed by atoms with Gasteiger partial charge in [0.2, 0.25) is 0 Å². The highest BCUT2D eigenvalue weighted by molar-refractivity contribution is 7.19. The molecular weight excluding hydrogens is 238 g/mol. The van der Waals surface area contributed by atoms with Gasteiger partial charge in [-0.15, -0.1) is 11.3 Å². The van der Waals surface area contributed by atoms with Gasteiger partial charge in [-0.3, -0.25) is 4.79 Å². The number of hydrogen-bond acceptors (Lipinski definition) is 5. The van der Waals surface area contributed by atoms with Crippen LogP contribution in [0.1, 0.15) is 29.9 Å². The molecule has 0 aliphatic carbocycles. The number of carbonyl (C=O) groups excluding carboxylic acids is 1. The summed E-state index contributed by atoms with van der Waals surface area (Å²) in [6.45, 7) is 5.34. The van der Waals surface area contributed by atoms with Gasteiger partial charge in [0.1, 0.15) is 15.6 Å². The van der Waals surface area contributed by atoms with Crippen LogP contribution >= 0.6 is 11.3 Å². The third-order valence-corrected chi connectivity index (χ3v) is 3.33. The van der Waals surface area contributed by atoms with Gasteiger partial charge in [0.25, 0.3) is 5.91 Å². The topological polar surface area (TPSA) is 76.4 Å². The van der Waals surface area contributed by atoms with Crippen molar-refractivity contribution in [3.8, 4) is 5.75 Å². The lowest BCUT2D eigenvalue weighted by atomic mass is 10.3. The Balaban J connectivity index is 2.99. The Morgan fingerprint density at radius 1 is 1.47 bits per heavy atom. The van der Waals surface area contributed by atoms with Gasteiger partial charge in [-0.25, -0.2) is 0 Å². The van der Waals surface area contributed by atoms with Crippen LogP contribution in [0.3, 0.4) is 0 Å². The van der Waals surface area contributed by atoms with E-state index in [0.29, 0.717) is 22.9 Å². The van der Waals surface area contributed by atoms with E-state index in [4.69, 9.17) is 10.5 Å². The van der Waals surface area contributed by atoms with Gasteiger partial charge in [-0.2, -0.15) is 0 Å². The Morgan fingerprint density at radius 3 is 2.71 bits per heavy atom. The van der Waals surface area contributed by atoms with Gasteiger partial charge in [-0.1, -0.05) is 6.92 Å². The third kappa shape index (κ3) is 3.03. The molecule has 0 spiro atoms. The molecule has 1 heterocycles. The van der Waals surface area contributed by atoms with E-state index in [1.807, 2.05) is 6.92 Å². The molecule has 0 radical (unpaired) electrons. The molecule has 0 saturated carbocycles. The summed E-state index contributed by atoms with van der Waals surface area (Å²) in [7, 11) is 1.55. The minimum atomic E-state index is -0.155. The fraction of sp³-hybridized carbons (Fsp3) is 0.545. The number of nitrogens with one attached hydrogen (secondary N) is 2. The lowest BCUT2D eigenvalue weighted by Gasteiger charge is -2.04. The van der Waals surface area contributed by atoms with Crippen molar-refractivity contribution in [3.63, 3.8) is 0 Å². The first-order valence-corrected chi connectivity index (χ1v) is 6.45. The number of thiophene rings is 1. The standard InChI is InChI=1S/C11H19N3O2S/c1-4-6-14-11-8(16-3)7(12)9(17-11)10(15)13-5-2/h14H,4-6,12H2,1-3H3,(H,13,15). The zero-order valence-electron chi connectivity index (χ0n) is 10.4. The number of methoxy groups -OCH3 is 1. The van der Waals surface area contributed by atoms with E-state index >= 15 is 0 Å². The summed E-state index contributed by atoms with van der Waals surface area (Å²) in [5, 5.41) is 6.75. The van der Waals surface area contributed by atoms with Gasteiger partial charge in [-0.05, 0) is 13.3 Å². The molecule has 0 saturated heterocycles. The highest BCUT2D eigenvalue weighted by Crippen LogP contribution is 2.42. The minimum Gasteiger partial charge on any atom is -0.492 e. The van der Waals surface area contributed by atoms with Crippen molar-refractivity contribution in [2.45, 2.75) is 20.3 Å². The zero-order valence-corrected chi connectivity index (χ0v) is 11.2. The molecule has 1 aromatic heterocycles. The summed E-state index contributed by atoms with van der Waals surface area (Å²) in [6, 6.07) is 0. The van der Waals surface area contributed by atoms with Crippen molar-refractivity contribution in [3.05, 3.63) is 4.88 Å². The zero-order chi connectivity index (χ0) is 12.8. The normalized spacial score (nSPS) is 10.1. The predicted octanol–water partition coefficient (Wildman–Crippen LogP) is 1.91. The molecule has 0 fully saturated rings.